The second-order valence-electron chi connectivity index (χ2n) is 8.27. The van der Waals surface area contributed by atoms with Gasteiger partial charge in [0.05, 0.1) is 16.1 Å². The van der Waals surface area contributed by atoms with Gasteiger partial charge in [-0.05, 0) is 48.2 Å². The Balaban J connectivity index is 2.13. The van der Waals surface area contributed by atoms with Crippen LogP contribution in [0.3, 0.4) is 0 Å². The quantitative estimate of drug-likeness (QED) is 0.507. The normalized spacial score (nSPS) is 11.5. The summed E-state index contributed by atoms with van der Waals surface area (Å²) < 4.78 is 33.0. The molecule has 0 fully saturated rings. The van der Waals surface area contributed by atoms with Gasteiger partial charge in [-0.1, -0.05) is 51.4 Å². The molecule has 0 saturated carbocycles. The van der Waals surface area contributed by atoms with Crippen molar-refractivity contribution in [1.29, 1.82) is 0 Å². The van der Waals surface area contributed by atoms with Crippen molar-refractivity contribution in [2.24, 2.45) is 11.8 Å². The minimum atomic E-state index is -3.95. The number of para-hydroxylation sites is 1. The third-order valence-electron chi connectivity index (χ3n) is 4.37. The number of nitrogens with zero attached hydrogens (tertiary/aromatic N) is 1. The van der Waals surface area contributed by atoms with Crippen LogP contribution in [0.1, 0.15) is 38.1 Å². The van der Waals surface area contributed by atoms with Gasteiger partial charge >= 0.3 is 5.97 Å². The van der Waals surface area contributed by atoms with E-state index in [-0.39, 0.29) is 33.9 Å². The maximum atomic E-state index is 12.7. The second kappa shape index (κ2) is 11.3. The number of esters is 1. The highest BCUT2D eigenvalue weighted by Gasteiger charge is 2.22. The summed E-state index contributed by atoms with van der Waals surface area (Å²) >= 11 is 5.82. The molecule has 2 aromatic carbocycles. The number of amides is 1. The predicted octanol–water partition coefficient (Wildman–Crippen LogP) is 4.44. The van der Waals surface area contributed by atoms with Crippen LogP contribution in [-0.4, -0.2) is 44.9 Å². The highest BCUT2D eigenvalue weighted by atomic mass is 35.5. The number of anilines is 1. The largest absolute Gasteiger partial charge is 0.452 e. The average Bonchev–Trinajstić information content (AvgIpc) is 2.71. The summed E-state index contributed by atoms with van der Waals surface area (Å²) in [7, 11) is -3.95. The molecule has 0 aromatic heterocycles. The molecule has 0 atom stereocenters. The molecule has 0 aliphatic heterocycles. The van der Waals surface area contributed by atoms with E-state index in [1.807, 2.05) is 27.7 Å². The van der Waals surface area contributed by atoms with E-state index in [2.05, 4.69) is 4.72 Å². The Kier molecular flexibility index (Phi) is 9.09. The zero-order valence-electron chi connectivity index (χ0n) is 18.7. The van der Waals surface area contributed by atoms with Crippen molar-refractivity contribution < 1.29 is 22.7 Å². The Bertz CT molecular complexity index is 1030. The standard InChI is InChI=1S/C23H29ClN2O5S/c1-16(2)13-26(14-17(3)4)22(27)15-31-23(28)20-7-5-6-8-21(20)25-32(29,30)19-11-9-18(24)10-12-19/h5-12,16-17,25H,13-15H2,1-4H3. The van der Waals surface area contributed by atoms with Gasteiger partial charge in [0.25, 0.3) is 15.9 Å². The number of rotatable bonds is 10. The van der Waals surface area contributed by atoms with Gasteiger partial charge in [0.15, 0.2) is 6.61 Å². The summed E-state index contributed by atoms with van der Waals surface area (Å²) in [5.41, 5.74) is 0.0678. The number of ether oxygens (including phenoxy) is 1. The highest BCUT2D eigenvalue weighted by Crippen LogP contribution is 2.22. The molecule has 0 aliphatic rings. The molecule has 0 heterocycles. The molecular weight excluding hydrogens is 452 g/mol. The van der Waals surface area contributed by atoms with Crippen LogP contribution in [-0.2, 0) is 19.6 Å². The van der Waals surface area contributed by atoms with Gasteiger partial charge in [0.2, 0.25) is 0 Å². The van der Waals surface area contributed by atoms with Gasteiger partial charge in [-0.25, -0.2) is 13.2 Å². The van der Waals surface area contributed by atoms with Crippen molar-refractivity contribution in [3.8, 4) is 0 Å². The molecule has 2 rings (SSSR count). The van der Waals surface area contributed by atoms with E-state index < -0.39 is 22.6 Å². The monoisotopic (exact) mass is 480 g/mol. The molecule has 1 amide bonds. The molecule has 2 aromatic rings. The third kappa shape index (κ3) is 7.53. The second-order valence-corrected chi connectivity index (χ2v) is 10.4. The lowest BCUT2D eigenvalue weighted by atomic mass is 10.1. The van der Waals surface area contributed by atoms with Crippen molar-refractivity contribution in [3.05, 3.63) is 59.1 Å². The van der Waals surface area contributed by atoms with Gasteiger partial charge in [0, 0.05) is 18.1 Å². The summed E-state index contributed by atoms with van der Waals surface area (Å²) in [6.45, 7) is 8.74. The fourth-order valence-corrected chi connectivity index (χ4v) is 4.23. The van der Waals surface area contributed by atoms with Gasteiger partial charge in [-0.3, -0.25) is 9.52 Å². The zero-order chi connectivity index (χ0) is 23.9. The van der Waals surface area contributed by atoms with Crippen LogP contribution in [0.4, 0.5) is 5.69 Å². The molecule has 174 valence electrons. The zero-order valence-corrected chi connectivity index (χ0v) is 20.2. The molecule has 0 radical (unpaired) electrons. The maximum absolute atomic E-state index is 12.7. The van der Waals surface area contributed by atoms with E-state index in [4.69, 9.17) is 16.3 Å². The summed E-state index contributed by atoms with van der Waals surface area (Å²) in [4.78, 5) is 26.9. The Morgan fingerprint density at radius 3 is 2.09 bits per heavy atom. The Morgan fingerprint density at radius 1 is 0.969 bits per heavy atom. The SMILES string of the molecule is CC(C)CN(CC(C)C)C(=O)COC(=O)c1ccccc1NS(=O)(=O)c1ccc(Cl)cc1. The number of hydrogen-bond donors (Lipinski definition) is 1. The van der Waals surface area contributed by atoms with Crippen LogP contribution < -0.4 is 4.72 Å². The smallest absolute Gasteiger partial charge is 0.340 e. The molecule has 0 aliphatic carbocycles. The molecule has 0 bridgehead atoms. The van der Waals surface area contributed by atoms with E-state index in [1.54, 1.807) is 17.0 Å². The van der Waals surface area contributed by atoms with Crippen molar-refractivity contribution in [2.75, 3.05) is 24.4 Å². The van der Waals surface area contributed by atoms with E-state index >= 15 is 0 Å². The number of carbonyl (C=O) groups is 2. The first kappa shape index (κ1) is 25.7. The lowest BCUT2D eigenvalue weighted by Gasteiger charge is -2.26. The lowest BCUT2D eigenvalue weighted by molar-refractivity contribution is -0.135. The fraction of sp³-hybridized carbons (Fsp3) is 0.391. The van der Waals surface area contributed by atoms with Crippen molar-refractivity contribution in [2.45, 2.75) is 32.6 Å². The molecule has 0 spiro atoms. The molecule has 0 unspecified atom stereocenters. The van der Waals surface area contributed by atoms with Crippen molar-refractivity contribution in [3.63, 3.8) is 0 Å². The van der Waals surface area contributed by atoms with E-state index in [9.17, 15) is 18.0 Å². The van der Waals surface area contributed by atoms with Crippen LogP contribution in [0.15, 0.2) is 53.4 Å². The summed E-state index contributed by atoms with van der Waals surface area (Å²) in [6, 6.07) is 11.7. The first-order valence-electron chi connectivity index (χ1n) is 10.3. The van der Waals surface area contributed by atoms with Gasteiger partial charge in [-0.2, -0.15) is 0 Å². The van der Waals surface area contributed by atoms with Crippen molar-refractivity contribution in [1.82, 2.24) is 4.90 Å². The number of carbonyl (C=O) groups excluding carboxylic acids is 2. The number of hydrogen-bond acceptors (Lipinski definition) is 5. The average molecular weight is 481 g/mol. The minimum absolute atomic E-state index is 0.00161. The molecule has 7 nitrogen and oxygen atoms in total. The summed E-state index contributed by atoms with van der Waals surface area (Å²) in [6.07, 6.45) is 0. The van der Waals surface area contributed by atoms with E-state index in [0.717, 1.165) is 0 Å². The number of benzene rings is 2. The summed E-state index contributed by atoms with van der Waals surface area (Å²) in [5, 5.41) is 0.404. The van der Waals surface area contributed by atoms with Crippen LogP contribution >= 0.6 is 11.6 Å². The molecular formula is C23H29ClN2O5S. The van der Waals surface area contributed by atoms with E-state index in [1.165, 1.54) is 36.4 Å². The molecule has 0 saturated heterocycles. The first-order chi connectivity index (χ1) is 15.0. The Labute approximate surface area is 194 Å². The molecule has 32 heavy (non-hydrogen) atoms. The topological polar surface area (TPSA) is 92.8 Å². The van der Waals surface area contributed by atoms with Gasteiger partial charge in [-0.15, -0.1) is 0 Å². The molecule has 9 heteroatoms. The Morgan fingerprint density at radius 2 is 1.53 bits per heavy atom. The Hall–Kier alpha value is -2.58. The van der Waals surface area contributed by atoms with Gasteiger partial charge in [0.1, 0.15) is 0 Å². The fourth-order valence-electron chi connectivity index (χ4n) is 3.02. The number of halogens is 1. The minimum Gasteiger partial charge on any atom is -0.452 e. The third-order valence-corrected chi connectivity index (χ3v) is 6.00. The summed E-state index contributed by atoms with van der Waals surface area (Å²) in [5.74, 6) is -0.533. The van der Waals surface area contributed by atoms with Crippen LogP contribution in [0.25, 0.3) is 0 Å². The molecule has 1 N–H and O–H groups in total. The maximum Gasteiger partial charge on any atom is 0.340 e. The van der Waals surface area contributed by atoms with Crippen molar-refractivity contribution >= 4 is 39.2 Å². The van der Waals surface area contributed by atoms with Crippen LogP contribution in [0.5, 0.6) is 0 Å². The predicted molar refractivity (Wildman–Crippen MR) is 125 cm³/mol. The lowest BCUT2D eigenvalue weighted by Crippen LogP contribution is -2.39. The number of sulfonamides is 1. The number of nitrogens with one attached hydrogen (secondary N) is 1. The van der Waals surface area contributed by atoms with E-state index in [0.29, 0.717) is 18.1 Å². The van der Waals surface area contributed by atoms with Crippen LogP contribution in [0, 0.1) is 11.8 Å². The highest BCUT2D eigenvalue weighted by molar-refractivity contribution is 7.92. The first-order valence-corrected chi connectivity index (χ1v) is 12.2. The van der Waals surface area contributed by atoms with Gasteiger partial charge < -0.3 is 9.64 Å². The van der Waals surface area contributed by atoms with Crippen LogP contribution in [0.2, 0.25) is 5.02 Å².